The SMILES string of the molecule is COc1ccc(Nc2ccnc(Nc3cc(OC)c(OC)c(OC)c3)n2)cn1. The van der Waals surface area contributed by atoms with Gasteiger partial charge in [0, 0.05) is 30.1 Å². The first kappa shape index (κ1) is 19.0. The Balaban J connectivity index is 1.80. The highest BCUT2D eigenvalue weighted by Gasteiger charge is 2.14. The molecule has 9 heteroatoms. The fourth-order valence-electron chi connectivity index (χ4n) is 2.49. The van der Waals surface area contributed by atoms with Gasteiger partial charge in [-0.15, -0.1) is 0 Å². The second kappa shape index (κ2) is 8.76. The zero-order valence-corrected chi connectivity index (χ0v) is 16.0. The van der Waals surface area contributed by atoms with Gasteiger partial charge in [0.05, 0.1) is 40.3 Å². The summed E-state index contributed by atoms with van der Waals surface area (Å²) in [6, 6.07) is 8.92. The molecule has 0 atom stereocenters. The molecule has 0 unspecified atom stereocenters. The molecule has 0 aliphatic heterocycles. The molecule has 0 bridgehead atoms. The molecule has 146 valence electrons. The van der Waals surface area contributed by atoms with Crippen molar-refractivity contribution in [1.82, 2.24) is 15.0 Å². The first-order valence-corrected chi connectivity index (χ1v) is 8.34. The minimum Gasteiger partial charge on any atom is -0.493 e. The lowest BCUT2D eigenvalue weighted by molar-refractivity contribution is 0.324. The maximum atomic E-state index is 5.36. The van der Waals surface area contributed by atoms with Crippen molar-refractivity contribution < 1.29 is 18.9 Å². The monoisotopic (exact) mass is 383 g/mol. The lowest BCUT2D eigenvalue weighted by Crippen LogP contribution is -2.02. The maximum Gasteiger partial charge on any atom is 0.229 e. The van der Waals surface area contributed by atoms with Crippen molar-refractivity contribution in [2.45, 2.75) is 0 Å². The third kappa shape index (κ3) is 4.32. The van der Waals surface area contributed by atoms with Crippen LogP contribution < -0.4 is 29.6 Å². The molecule has 1 aromatic carbocycles. The van der Waals surface area contributed by atoms with Gasteiger partial charge in [0.25, 0.3) is 0 Å². The molecule has 0 spiro atoms. The van der Waals surface area contributed by atoms with E-state index in [-0.39, 0.29) is 0 Å². The molecule has 9 nitrogen and oxygen atoms in total. The molecule has 28 heavy (non-hydrogen) atoms. The van der Waals surface area contributed by atoms with Crippen molar-refractivity contribution in [3.05, 3.63) is 42.7 Å². The molecule has 2 heterocycles. The van der Waals surface area contributed by atoms with Gasteiger partial charge < -0.3 is 29.6 Å². The van der Waals surface area contributed by atoms with Crippen LogP contribution in [0.2, 0.25) is 0 Å². The highest BCUT2D eigenvalue weighted by atomic mass is 16.5. The Labute approximate surface area is 162 Å². The molecule has 0 saturated carbocycles. The van der Waals surface area contributed by atoms with Crippen LogP contribution in [0.15, 0.2) is 42.7 Å². The van der Waals surface area contributed by atoms with Crippen molar-refractivity contribution in [3.8, 4) is 23.1 Å². The predicted octanol–water partition coefficient (Wildman–Crippen LogP) is 3.39. The van der Waals surface area contributed by atoms with Gasteiger partial charge in [0.2, 0.25) is 17.6 Å². The Hall–Kier alpha value is -3.75. The van der Waals surface area contributed by atoms with Crippen molar-refractivity contribution in [2.24, 2.45) is 0 Å². The Morgan fingerprint density at radius 3 is 2.07 bits per heavy atom. The van der Waals surface area contributed by atoms with E-state index >= 15 is 0 Å². The van der Waals surface area contributed by atoms with E-state index in [1.54, 1.807) is 65.1 Å². The zero-order valence-electron chi connectivity index (χ0n) is 16.0. The fraction of sp³-hybridized carbons (Fsp3) is 0.211. The van der Waals surface area contributed by atoms with E-state index < -0.39 is 0 Å². The third-order valence-electron chi connectivity index (χ3n) is 3.79. The van der Waals surface area contributed by atoms with Crippen LogP contribution in [0, 0.1) is 0 Å². The van der Waals surface area contributed by atoms with Crippen LogP contribution in [0.25, 0.3) is 0 Å². The Morgan fingerprint density at radius 1 is 0.750 bits per heavy atom. The van der Waals surface area contributed by atoms with Crippen molar-refractivity contribution >= 4 is 23.1 Å². The molecule has 0 aliphatic rings. The minimum atomic E-state index is 0.403. The summed E-state index contributed by atoms with van der Waals surface area (Å²) in [4.78, 5) is 12.9. The first-order chi connectivity index (χ1) is 13.7. The van der Waals surface area contributed by atoms with Gasteiger partial charge in [-0.05, 0) is 12.1 Å². The average molecular weight is 383 g/mol. The van der Waals surface area contributed by atoms with Gasteiger partial charge in [0.1, 0.15) is 5.82 Å². The number of benzene rings is 1. The van der Waals surface area contributed by atoms with Crippen molar-refractivity contribution in [1.29, 1.82) is 0 Å². The molecule has 0 aliphatic carbocycles. The lowest BCUT2D eigenvalue weighted by Gasteiger charge is -2.14. The molecule has 2 N–H and O–H groups in total. The zero-order chi connectivity index (χ0) is 19.9. The molecule has 0 amide bonds. The standard InChI is InChI=1S/C19H21N5O4/c1-25-14-9-13(10-15(26-2)18(14)28-4)23-19-20-8-7-16(24-19)22-12-5-6-17(27-3)21-11-12/h5-11H,1-4H3,(H2,20,22,23,24). The second-order valence-electron chi connectivity index (χ2n) is 5.52. The van der Waals surface area contributed by atoms with Crippen LogP contribution in [0.1, 0.15) is 0 Å². The summed E-state index contributed by atoms with van der Waals surface area (Å²) in [6.45, 7) is 0. The van der Waals surface area contributed by atoms with E-state index in [0.29, 0.717) is 40.6 Å². The number of methoxy groups -OCH3 is 4. The van der Waals surface area contributed by atoms with E-state index in [2.05, 4.69) is 25.6 Å². The largest absolute Gasteiger partial charge is 0.493 e. The molecular weight excluding hydrogens is 362 g/mol. The van der Waals surface area contributed by atoms with Crippen molar-refractivity contribution in [2.75, 3.05) is 39.1 Å². The van der Waals surface area contributed by atoms with E-state index in [1.807, 2.05) is 6.07 Å². The van der Waals surface area contributed by atoms with Crippen molar-refractivity contribution in [3.63, 3.8) is 0 Å². The Morgan fingerprint density at radius 2 is 1.50 bits per heavy atom. The summed E-state index contributed by atoms with van der Waals surface area (Å²) in [5.41, 5.74) is 1.47. The van der Waals surface area contributed by atoms with Crippen LogP contribution in [0.5, 0.6) is 23.1 Å². The lowest BCUT2D eigenvalue weighted by atomic mass is 10.2. The Bertz CT molecular complexity index is 909. The van der Waals surface area contributed by atoms with Gasteiger partial charge in [-0.3, -0.25) is 0 Å². The van der Waals surface area contributed by atoms with Gasteiger partial charge in [-0.2, -0.15) is 4.98 Å². The van der Waals surface area contributed by atoms with Gasteiger partial charge in [-0.25, -0.2) is 9.97 Å². The molecule has 3 rings (SSSR count). The number of nitrogens with zero attached hydrogens (tertiary/aromatic N) is 3. The van der Waals surface area contributed by atoms with E-state index in [1.165, 1.54) is 0 Å². The summed E-state index contributed by atoms with van der Waals surface area (Å²) >= 11 is 0. The van der Waals surface area contributed by atoms with Crippen LogP contribution in [-0.4, -0.2) is 43.4 Å². The van der Waals surface area contributed by atoms with Gasteiger partial charge >= 0.3 is 0 Å². The number of ether oxygens (including phenoxy) is 4. The number of hydrogen-bond donors (Lipinski definition) is 2. The summed E-state index contributed by atoms with van der Waals surface area (Å²) in [7, 11) is 6.25. The topological polar surface area (TPSA) is 99.7 Å². The minimum absolute atomic E-state index is 0.403. The van der Waals surface area contributed by atoms with Gasteiger partial charge in [-0.1, -0.05) is 0 Å². The summed E-state index contributed by atoms with van der Waals surface area (Å²) in [6.07, 6.45) is 3.31. The molecule has 0 radical (unpaired) electrons. The molecular formula is C19H21N5O4. The average Bonchev–Trinajstić information content (AvgIpc) is 2.73. The van der Waals surface area contributed by atoms with E-state index in [4.69, 9.17) is 18.9 Å². The number of rotatable bonds is 8. The summed E-state index contributed by atoms with van der Waals surface area (Å²) in [5.74, 6) is 3.13. The summed E-state index contributed by atoms with van der Waals surface area (Å²) in [5, 5.41) is 6.30. The number of hydrogen-bond acceptors (Lipinski definition) is 9. The fourth-order valence-corrected chi connectivity index (χ4v) is 2.49. The number of nitrogens with one attached hydrogen (secondary N) is 2. The quantitative estimate of drug-likeness (QED) is 0.606. The first-order valence-electron chi connectivity index (χ1n) is 8.34. The number of pyridine rings is 1. The smallest absolute Gasteiger partial charge is 0.229 e. The predicted molar refractivity (Wildman–Crippen MR) is 105 cm³/mol. The summed E-state index contributed by atoms with van der Waals surface area (Å²) < 4.78 is 21.1. The molecule has 3 aromatic rings. The highest BCUT2D eigenvalue weighted by molar-refractivity contribution is 5.66. The number of anilines is 4. The number of aromatic nitrogens is 3. The third-order valence-corrected chi connectivity index (χ3v) is 3.79. The van der Waals surface area contributed by atoms with E-state index in [9.17, 15) is 0 Å². The van der Waals surface area contributed by atoms with Crippen LogP contribution in [-0.2, 0) is 0 Å². The highest BCUT2D eigenvalue weighted by Crippen LogP contribution is 2.40. The molecule has 2 aromatic heterocycles. The van der Waals surface area contributed by atoms with Crippen LogP contribution in [0.4, 0.5) is 23.1 Å². The normalized spacial score (nSPS) is 10.1. The Kier molecular flexibility index (Phi) is 5.95. The van der Waals surface area contributed by atoms with Crippen LogP contribution in [0.3, 0.4) is 0 Å². The van der Waals surface area contributed by atoms with E-state index in [0.717, 1.165) is 5.69 Å². The molecule has 0 saturated heterocycles. The second-order valence-corrected chi connectivity index (χ2v) is 5.52. The van der Waals surface area contributed by atoms with Crippen LogP contribution >= 0.6 is 0 Å². The maximum absolute atomic E-state index is 5.36. The molecule has 0 fully saturated rings. The van der Waals surface area contributed by atoms with Gasteiger partial charge in [0.15, 0.2) is 11.5 Å².